The SMILES string of the molecule is COc1cc(OC)c(/C(O)=C2\C(=O)C(=O)N(c3cccc(F)c3)C2c2sccc2C)cc1Cl. The summed E-state index contributed by atoms with van der Waals surface area (Å²) in [4.78, 5) is 28.2. The molecule has 1 N–H and O–H groups in total. The Morgan fingerprint density at radius 3 is 2.45 bits per heavy atom. The van der Waals surface area contributed by atoms with E-state index >= 15 is 0 Å². The Labute approximate surface area is 198 Å². The molecular formula is C24H19ClFNO5S. The Morgan fingerprint density at radius 2 is 1.85 bits per heavy atom. The third-order valence-electron chi connectivity index (χ3n) is 5.41. The Hall–Kier alpha value is -3.36. The highest BCUT2D eigenvalue weighted by Gasteiger charge is 2.48. The van der Waals surface area contributed by atoms with Crippen molar-refractivity contribution >= 4 is 46.1 Å². The molecule has 1 atom stereocenters. The standard InChI is InChI=1S/C24H19ClFNO5S/c1-12-7-8-33-23(12)20-19(21(28)15-10-16(25)18(32-3)11-17(15)31-2)22(29)24(30)27(20)14-6-4-5-13(26)9-14/h4-11,20,28H,1-3H3/b21-19+. The molecule has 2 heterocycles. The van der Waals surface area contributed by atoms with Crippen molar-refractivity contribution in [3.8, 4) is 11.5 Å². The Balaban J connectivity index is 1.99. The molecule has 33 heavy (non-hydrogen) atoms. The van der Waals surface area contributed by atoms with Crippen LogP contribution in [0.3, 0.4) is 0 Å². The zero-order valence-electron chi connectivity index (χ0n) is 17.9. The van der Waals surface area contributed by atoms with Crippen LogP contribution in [0.15, 0.2) is 53.4 Å². The summed E-state index contributed by atoms with van der Waals surface area (Å²) >= 11 is 7.59. The van der Waals surface area contributed by atoms with Crippen LogP contribution >= 0.6 is 22.9 Å². The average Bonchev–Trinajstić information content (AvgIpc) is 3.33. The number of methoxy groups -OCH3 is 2. The van der Waals surface area contributed by atoms with E-state index in [9.17, 15) is 19.1 Å². The van der Waals surface area contributed by atoms with Gasteiger partial charge in [0.25, 0.3) is 11.7 Å². The lowest BCUT2D eigenvalue weighted by molar-refractivity contribution is -0.132. The van der Waals surface area contributed by atoms with E-state index in [4.69, 9.17) is 21.1 Å². The number of carbonyl (C=O) groups is 2. The topological polar surface area (TPSA) is 76.1 Å². The van der Waals surface area contributed by atoms with Gasteiger partial charge >= 0.3 is 0 Å². The molecule has 1 aliphatic heterocycles. The molecular weight excluding hydrogens is 469 g/mol. The molecule has 1 unspecified atom stereocenters. The molecule has 3 aromatic rings. The van der Waals surface area contributed by atoms with E-state index in [-0.39, 0.29) is 27.6 Å². The third kappa shape index (κ3) is 3.85. The van der Waals surface area contributed by atoms with Crippen molar-refractivity contribution in [2.24, 2.45) is 0 Å². The molecule has 2 aromatic carbocycles. The van der Waals surface area contributed by atoms with Crippen molar-refractivity contribution in [2.75, 3.05) is 19.1 Å². The molecule has 6 nitrogen and oxygen atoms in total. The van der Waals surface area contributed by atoms with Gasteiger partial charge < -0.3 is 14.6 Å². The number of hydrogen-bond donors (Lipinski definition) is 1. The summed E-state index contributed by atoms with van der Waals surface area (Å²) in [5.41, 5.74) is 1.00. The molecule has 1 aliphatic rings. The predicted octanol–water partition coefficient (Wildman–Crippen LogP) is 5.49. The molecule has 0 aliphatic carbocycles. The molecule has 1 saturated heterocycles. The second-order valence-electron chi connectivity index (χ2n) is 7.30. The monoisotopic (exact) mass is 487 g/mol. The molecule has 1 amide bonds. The first-order chi connectivity index (χ1) is 15.8. The highest BCUT2D eigenvalue weighted by atomic mass is 35.5. The first-order valence-corrected chi connectivity index (χ1v) is 11.1. The number of benzene rings is 2. The maximum atomic E-state index is 14.0. The average molecular weight is 488 g/mol. The Bertz CT molecular complexity index is 1300. The van der Waals surface area contributed by atoms with Crippen molar-refractivity contribution in [2.45, 2.75) is 13.0 Å². The smallest absolute Gasteiger partial charge is 0.300 e. The minimum Gasteiger partial charge on any atom is -0.507 e. The lowest BCUT2D eigenvalue weighted by Gasteiger charge is -2.25. The number of thiophene rings is 1. The number of anilines is 1. The molecule has 170 valence electrons. The van der Waals surface area contributed by atoms with E-state index in [0.717, 1.165) is 5.56 Å². The maximum Gasteiger partial charge on any atom is 0.300 e. The fraction of sp³-hybridized carbons (Fsp3) is 0.167. The summed E-state index contributed by atoms with van der Waals surface area (Å²) in [6, 6.07) is 9.17. The predicted molar refractivity (Wildman–Crippen MR) is 125 cm³/mol. The number of carbonyl (C=O) groups excluding carboxylic acids is 2. The molecule has 4 rings (SSSR count). The minimum atomic E-state index is -0.961. The number of aliphatic hydroxyl groups is 1. The zero-order valence-corrected chi connectivity index (χ0v) is 19.5. The van der Waals surface area contributed by atoms with Gasteiger partial charge in [-0.3, -0.25) is 14.5 Å². The van der Waals surface area contributed by atoms with E-state index in [1.807, 2.05) is 18.4 Å². The molecule has 9 heteroatoms. The normalized spacial score (nSPS) is 17.5. The first kappa shape index (κ1) is 22.8. The van der Waals surface area contributed by atoms with Crippen molar-refractivity contribution in [3.63, 3.8) is 0 Å². The number of aliphatic hydroxyl groups excluding tert-OH is 1. The van der Waals surface area contributed by atoms with Crippen molar-refractivity contribution in [3.05, 3.63) is 80.3 Å². The van der Waals surface area contributed by atoms with Crippen LogP contribution in [0.1, 0.15) is 22.0 Å². The number of amides is 1. The van der Waals surface area contributed by atoms with Crippen LogP contribution in [-0.2, 0) is 9.59 Å². The van der Waals surface area contributed by atoms with Gasteiger partial charge in [0.15, 0.2) is 0 Å². The van der Waals surface area contributed by atoms with Crippen molar-refractivity contribution in [1.29, 1.82) is 0 Å². The number of nitrogens with zero attached hydrogens (tertiary/aromatic N) is 1. The van der Waals surface area contributed by atoms with Crippen LogP contribution in [0.4, 0.5) is 10.1 Å². The van der Waals surface area contributed by atoms with E-state index in [1.165, 1.54) is 66.9 Å². The highest BCUT2D eigenvalue weighted by Crippen LogP contribution is 2.46. The summed E-state index contributed by atoms with van der Waals surface area (Å²) in [7, 11) is 2.83. The van der Waals surface area contributed by atoms with Crippen molar-refractivity contribution in [1.82, 2.24) is 0 Å². The van der Waals surface area contributed by atoms with E-state index < -0.39 is 29.3 Å². The molecule has 0 spiro atoms. The number of Topliss-reactive ketones (excluding diaryl/α,β-unsaturated/α-hetero) is 1. The van der Waals surface area contributed by atoms with Gasteiger partial charge in [0.1, 0.15) is 29.1 Å². The largest absolute Gasteiger partial charge is 0.507 e. The van der Waals surface area contributed by atoms with Gasteiger partial charge in [-0.1, -0.05) is 17.7 Å². The van der Waals surface area contributed by atoms with Gasteiger partial charge in [0.2, 0.25) is 0 Å². The Morgan fingerprint density at radius 1 is 1.12 bits per heavy atom. The van der Waals surface area contributed by atoms with Crippen LogP contribution in [-0.4, -0.2) is 31.0 Å². The zero-order chi connectivity index (χ0) is 23.9. The molecule has 1 aromatic heterocycles. The van der Waals surface area contributed by atoms with Gasteiger partial charge in [-0.05, 0) is 48.2 Å². The highest BCUT2D eigenvalue weighted by molar-refractivity contribution is 7.10. The van der Waals surface area contributed by atoms with E-state index in [1.54, 1.807) is 0 Å². The summed E-state index contributed by atoms with van der Waals surface area (Å²) in [6.45, 7) is 1.84. The fourth-order valence-corrected chi connectivity index (χ4v) is 5.09. The number of hydrogen-bond acceptors (Lipinski definition) is 6. The molecule has 0 radical (unpaired) electrons. The first-order valence-electron chi connectivity index (χ1n) is 9.81. The van der Waals surface area contributed by atoms with Gasteiger partial charge in [-0.2, -0.15) is 0 Å². The third-order valence-corrected chi connectivity index (χ3v) is 6.78. The van der Waals surface area contributed by atoms with E-state index in [2.05, 4.69) is 0 Å². The van der Waals surface area contributed by atoms with Gasteiger partial charge in [0.05, 0.1) is 30.4 Å². The van der Waals surface area contributed by atoms with Crippen LogP contribution in [0.25, 0.3) is 5.76 Å². The van der Waals surface area contributed by atoms with E-state index in [0.29, 0.717) is 10.6 Å². The molecule has 1 fully saturated rings. The number of rotatable bonds is 5. The lowest BCUT2D eigenvalue weighted by atomic mass is 9.97. The van der Waals surface area contributed by atoms with Crippen LogP contribution in [0.5, 0.6) is 11.5 Å². The van der Waals surface area contributed by atoms with Gasteiger partial charge in [-0.15, -0.1) is 11.3 Å². The lowest BCUT2D eigenvalue weighted by Crippen LogP contribution is -2.29. The van der Waals surface area contributed by atoms with Crippen molar-refractivity contribution < 1.29 is 28.6 Å². The number of aryl methyl sites for hydroxylation is 1. The summed E-state index contributed by atoms with van der Waals surface area (Å²) in [5, 5.41) is 13.3. The summed E-state index contributed by atoms with van der Waals surface area (Å²) in [5.74, 6) is -2.27. The number of halogens is 2. The fourth-order valence-electron chi connectivity index (χ4n) is 3.83. The van der Waals surface area contributed by atoms with Crippen LogP contribution in [0, 0.1) is 12.7 Å². The quantitative estimate of drug-likeness (QED) is 0.292. The molecule has 0 bridgehead atoms. The summed E-state index contributed by atoms with van der Waals surface area (Å²) in [6.07, 6.45) is 0. The number of ketones is 1. The summed E-state index contributed by atoms with van der Waals surface area (Å²) < 4.78 is 24.6. The minimum absolute atomic E-state index is 0.125. The van der Waals surface area contributed by atoms with Crippen LogP contribution < -0.4 is 14.4 Å². The maximum absolute atomic E-state index is 14.0. The second kappa shape index (κ2) is 8.88. The molecule has 0 saturated carbocycles. The second-order valence-corrected chi connectivity index (χ2v) is 8.66. The van der Waals surface area contributed by atoms with Gasteiger partial charge in [0, 0.05) is 16.6 Å². The van der Waals surface area contributed by atoms with Crippen LogP contribution in [0.2, 0.25) is 5.02 Å². The Kier molecular flexibility index (Phi) is 6.14. The van der Waals surface area contributed by atoms with Gasteiger partial charge in [-0.25, -0.2) is 4.39 Å². The number of ether oxygens (including phenoxy) is 2.